The van der Waals surface area contributed by atoms with E-state index >= 15 is 0 Å². The second-order valence-electron chi connectivity index (χ2n) is 16.2. The second kappa shape index (κ2) is 19.9. The topological polar surface area (TPSA) is 268 Å². The molecule has 8 atom stereocenters. The number of aryl methyl sites for hydroxylation is 1. The first-order valence-electron chi connectivity index (χ1n) is 20.7. The van der Waals surface area contributed by atoms with Crippen molar-refractivity contribution in [2.45, 2.75) is 80.2 Å². The minimum atomic E-state index is -2.27. The van der Waals surface area contributed by atoms with Crippen molar-refractivity contribution >= 4 is 29.7 Å². The Morgan fingerprint density at radius 2 is 1.74 bits per heavy atom. The summed E-state index contributed by atoms with van der Waals surface area (Å²) in [5.74, 6) is -5.02. The van der Waals surface area contributed by atoms with Crippen LogP contribution in [0.15, 0.2) is 72.8 Å². The average molecular weight is 861 g/mol. The number of aliphatic carboxylic acids is 1. The number of fused-ring (bicyclic) bond motifs is 1. The fraction of sp³-hybridized carbons (Fsp3) is 0.457. The van der Waals surface area contributed by atoms with Crippen LogP contribution in [0.2, 0.25) is 0 Å². The maximum Gasteiger partial charge on any atom is 0.336 e. The third-order valence-corrected chi connectivity index (χ3v) is 12.4. The molecule has 0 amide bonds. The number of benzene rings is 3. The molecule has 62 heavy (non-hydrogen) atoms. The number of likely N-dealkylation sites (N-methyl/N-ethyl adjacent to an activating group) is 1. The van der Waals surface area contributed by atoms with E-state index in [1.54, 1.807) is 6.07 Å². The highest BCUT2D eigenvalue weighted by Gasteiger charge is 2.73. The lowest BCUT2D eigenvalue weighted by Gasteiger charge is -2.65. The van der Waals surface area contributed by atoms with Gasteiger partial charge in [0.2, 0.25) is 0 Å². The van der Waals surface area contributed by atoms with Gasteiger partial charge in [-0.05, 0) is 104 Å². The van der Waals surface area contributed by atoms with E-state index < -0.39 is 96.2 Å². The number of ketones is 2. The molecule has 6 rings (SSSR count). The smallest absolute Gasteiger partial charge is 0.336 e. The van der Waals surface area contributed by atoms with Crippen molar-refractivity contribution in [3.05, 3.63) is 95.1 Å². The molecular formula is C46H56N2O14. The number of carbonyl (C=O) groups excluding carboxylic acids is 2. The Hall–Kier alpha value is -5.17. The fourth-order valence-electron chi connectivity index (χ4n) is 9.44. The first-order valence-corrected chi connectivity index (χ1v) is 20.7. The predicted molar refractivity (Wildman–Crippen MR) is 225 cm³/mol. The zero-order valence-corrected chi connectivity index (χ0v) is 34.5. The van der Waals surface area contributed by atoms with Gasteiger partial charge in [-0.3, -0.25) is 9.59 Å². The van der Waals surface area contributed by atoms with Crippen LogP contribution in [0.4, 0.5) is 0 Å². The number of carbonyl (C=O) groups is 3. The number of ether oxygens (including phenoxy) is 4. The van der Waals surface area contributed by atoms with Crippen molar-refractivity contribution in [1.29, 1.82) is 0 Å². The van der Waals surface area contributed by atoms with E-state index in [0.29, 0.717) is 18.4 Å². The van der Waals surface area contributed by atoms with Gasteiger partial charge in [0.1, 0.15) is 30.5 Å². The minimum Gasteiger partial charge on any atom is -0.504 e. The van der Waals surface area contributed by atoms with Gasteiger partial charge in [0.15, 0.2) is 40.2 Å². The third kappa shape index (κ3) is 9.43. The van der Waals surface area contributed by atoms with Gasteiger partial charge in [0.05, 0.1) is 32.0 Å². The van der Waals surface area contributed by atoms with Crippen LogP contribution in [0.3, 0.4) is 0 Å². The summed E-state index contributed by atoms with van der Waals surface area (Å²) in [7, 11) is 1.53. The predicted octanol–water partition coefficient (Wildman–Crippen LogP) is 2.62. The highest BCUT2D eigenvalue weighted by molar-refractivity contribution is 6.00. The van der Waals surface area contributed by atoms with Crippen molar-refractivity contribution in [1.82, 2.24) is 5.32 Å². The van der Waals surface area contributed by atoms with Crippen molar-refractivity contribution in [3.63, 3.8) is 0 Å². The van der Waals surface area contributed by atoms with Gasteiger partial charge < -0.3 is 65.7 Å². The van der Waals surface area contributed by atoms with Crippen LogP contribution in [0, 0.1) is 11.8 Å². The molecule has 3 aliphatic rings. The summed E-state index contributed by atoms with van der Waals surface area (Å²) in [6, 6.07) is 15.5. The number of nitrogens with two attached hydrogens (primary N) is 1. The highest BCUT2D eigenvalue weighted by atomic mass is 16.6. The quantitative estimate of drug-likeness (QED) is 0.0620. The molecule has 0 radical (unpaired) electrons. The minimum absolute atomic E-state index is 0.0243. The second-order valence-corrected chi connectivity index (χ2v) is 16.2. The monoisotopic (exact) mass is 860 g/mol. The summed E-state index contributed by atoms with van der Waals surface area (Å²) in [6.45, 7) is -1.39. The Labute approximate surface area is 359 Å². The maximum atomic E-state index is 14.9. The summed E-state index contributed by atoms with van der Waals surface area (Å²) < 4.78 is 25.3. The molecule has 0 spiro atoms. The molecule has 16 heteroatoms. The molecule has 1 aliphatic carbocycles. The standard InChI is InChI=1S/C46H56N2O14/c1-48-40(25-50)46-39-15-16-44(62-46,41(56)14-11-31-20-34(52)35(53)21-32(31)24-49)22-30(8-7-28-5-3-2-4-6-28)26-60-42(46)37(55)23-45(39,43(57)58)61-27-33(51)12-9-29-10-13-38(36(54)19-29)59-18-17-47/h2-6,9-14,19-21,30,37,39-40,42,48-50,52-55H,7-8,15-18,22-27,47H2,1H3,(H,57,58). The Bertz CT molecular complexity index is 2130. The van der Waals surface area contributed by atoms with Crippen LogP contribution in [-0.4, -0.2) is 128 Å². The Morgan fingerprint density at radius 3 is 2.42 bits per heavy atom. The molecule has 2 saturated heterocycles. The van der Waals surface area contributed by atoms with Gasteiger partial charge in [-0.15, -0.1) is 0 Å². The molecule has 10 N–H and O–H groups in total. The Balaban J connectivity index is 1.37. The Kier molecular flexibility index (Phi) is 14.9. The van der Waals surface area contributed by atoms with E-state index in [-0.39, 0.29) is 67.6 Å². The summed E-state index contributed by atoms with van der Waals surface area (Å²) in [6.07, 6.45) is 3.10. The number of hydrogen-bond acceptors (Lipinski definition) is 15. The van der Waals surface area contributed by atoms with E-state index in [1.165, 1.54) is 55.6 Å². The fourth-order valence-corrected chi connectivity index (χ4v) is 9.44. The molecule has 3 aromatic rings. The van der Waals surface area contributed by atoms with Crippen molar-refractivity contribution in [2.75, 3.05) is 40.0 Å². The van der Waals surface area contributed by atoms with Gasteiger partial charge in [-0.1, -0.05) is 48.6 Å². The SMILES string of the molecule is CNC(CO)C12OC3(C(=O)C=Cc4cc(O)c(O)cc4CO)CCC1C(OCC(=O)C=Cc1ccc(OCCN)c(O)c1)(C(=O)O)CC(O)C2OCC(CCc1ccccc1)C3. The lowest BCUT2D eigenvalue weighted by molar-refractivity contribution is -0.343. The molecular weight excluding hydrogens is 805 g/mol. The van der Waals surface area contributed by atoms with Crippen LogP contribution >= 0.6 is 0 Å². The summed E-state index contributed by atoms with van der Waals surface area (Å²) in [5.41, 5.74) is 1.58. The summed E-state index contributed by atoms with van der Waals surface area (Å²) >= 11 is 0. The maximum absolute atomic E-state index is 14.9. The van der Waals surface area contributed by atoms with Gasteiger partial charge >= 0.3 is 5.97 Å². The number of phenols is 3. The number of aliphatic hydroxyl groups is 3. The third-order valence-electron chi connectivity index (χ3n) is 12.4. The number of rotatable bonds is 19. The molecule has 2 aliphatic heterocycles. The molecule has 0 aromatic heterocycles. The number of carboxylic acid groups (broad SMARTS) is 1. The number of aromatic hydroxyl groups is 3. The first kappa shape index (κ1) is 46.3. The summed E-state index contributed by atoms with van der Waals surface area (Å²) in [5, 5.41) is 77.8. The van der Waals surface area contributed by atoms with Crippen molar-refractivity contribution < 1.29 is 69.1 Å². The molecule has 8 unspecified atom stereocenters. The molecule has 2 heterocycles. The van der Waals surface area contributed by atoms with E-state index in [9.17, 15) is 50.1 Å². The number of carboxylic acids is 1. The molecule has 334 valence electrons. The van der Waals surface area contributed by atoms with Gasteiger partial charge in [-0.25, -0.2) is 4.79 Å². The zero-order chi connectivity index (χ0) is 44.7. The van der Waals surface area contributed by atoms with E-state index in [2.05, 4.69) is 5.32 Å². The number of nitrogens with one attached hydrogen (secondary N) is 1. The van der Waals surface area contributed by atoms with Crippen LogP contribution in [-0.2, 0) is 41.6 Å². The average Bonchev–Trinajstić information content (AvgIpc) is 3.26. The van der Waals surface area contributed by atoms with Gasteiger partial charge in [-0.2, -0.15) is 0 Å². The highest BCUT2D eigenvalue weighted by Crippen LogP contribution is 2.58. The number of phenolic OH excluding ortho intramolecular Hbond substituents is 3. The lowest BCUT2D eigenvalue weighted by Crippen LogP contribution is -2.81. The molecule has 16 nitrogen and oxygen atoms in total. The molecule has 3 aromatic carbocycles. The van der Waals surface area contributed by atoms with E-state index in [0.717, 1.165) is 5.56 Å². The van der Waals surface area contributed by atoms with Crippen molar-refractivity contribution in [3.8, 4) is 23.0 Å². The Morgan fingerprint density at radius 1 is 0.984 bits per heavy atom. The largest absolute Gasteiger partial charge is 0.504 e. The van der Waals surface area contributed by atoms with Crippen LogP contribution in [0.5, 0.6) is 23.0 Å². The van der Waals surface area contributed by atoms with E-state index in [4.69, 9.17) is 24.7 Å². The number of hydrogen-bond donors (Lipinski definition) is 9. The molecule has 1 saturated carbocycles. The summed E-state index contributed by atoms with van der Waals surface area (Å²) in [4.78, 5) is 41.9. The van der Waals surface area contributed by atoms with Crippen LogP contribution in [0.25, 0.3) is 12.2 Å². The van der Waals surface area contributed by atoms with Gasteiger partial charge in [0, 0.05) is 18.9 Å². The van der Waals surface area contributed by atoms with Crippen molar-refractivity contribution in [2.24, 2.45) is 17.6 Å². The van der Waals surface area contributed by atoms with Crippen LogP contribution in [0.1, 0.15) is 54.4 Å². The zero-order valence-electron chi connectivity index (χ0n) is 34.5. The number of aliphatic hydroxyl groups excluding tert-OH is 3. The van der Waals surface area contributed by atoms with Gasteiger partial charge in [0.25, 0.3) is 0 Å². The lowest BCUT2D eigenvalue weighted by atomic mass is 9.56. The normalized spacial score (nSPS) is 27.7. The molecule has 2 bridgehead atoms. The molecule has 3 fully saturated rings. The first-order chi connectivity index (χ1) is 29.7. The van der Waals surface area contributed by atoms with E-state index in [1.807, 2.05) is 30.3 Å². The van der Waals surface area contributed by atoms with Crippen LogP contribution < -0.4 is 15.8 Å².